The van der Waals surface area contributed by atoms with Crippen LogP contribution in [-0.2, 0) is 6.61 Å². The minimum absolute atomic E-state index is 0.0159. The fourth-order valence-electron chi connectivity index (χ4n) is 1.12. The first-order valence-corrected chi connectivity index (χ1v) is 5.70. The molecule has 88 valence electrons. The summed E-state index contributed by atoms with van der Waals surface area (Å²) in [4.78, 5) is 10.1. The normalized spacial score (nSPS) is 10.2. The number of hydrogen-bond acceptors (Lipinski definition) is 6. The maximum absolute atomic E-state index is 10.5. The molecule has 0 amide bonds. The molecule has 0 spiro atoms. The predicted octanol–water partition coefficient (Wildman–Crippen LogP) is 2.68. The number of rotatable bonds is 4. The molecular weight excluding hydrogens is 266 g/mol. The van der Waals surface area contributed by atoms with Gasteiger partial charge in [0.2, 0.25) is 4.47 Å². The van der Waals surface area contributed by atoms with Gasteiger partial charge in [-0.25, -0.2) is 0 Å². The van der Waals surface area contributed by atoms with Crippen molar-refractivity contribution in [3.63, 3.8) is 0 Å². The highest BCUT2D eigenvalue weighted by atomic mass is 35.5. The standard InChI is InChI=1S/C9H6ClN3O3S/c10-9-12-11-8(17-9)5-16-7-3-1-2-6(4-7)13(14)15/h1-4H,5H2. The van der Waals surface area contributed by atoms with Gasteiger partial charge < -0.3 is 4.74 Å². The van der Waals surface area contributed by atoms with Gasteiger partial charge in [-0.2, -0.15) is 0 Å². The van der Waals surface area contributed by atoms with Crippen LogP contribution in [0, 0.1) is 10.1 Å². The van der Waals surface area contributed by atoms with Crippen LogP contribution in [0.5, 0.6) is 5.75 Å². The van der Waals surface area contributed by atoms with E-state index < -0.39 is 4.92 Å². The molecule has 8 heteroatoms. The van der Waals surface area contributed by atoms with Gasteiger partial charge in [-0.15, -0.1) is 10.2 Å². The lowest BCUT2D eigenvalue weighted by Gasteiger charge is -2.02. The van der Waals surface area contributed by atoms with Crippen molar-refractivity contribution in [2.24, 2.45) is 0 Å². The molecule has 0 fully saturated rings. The first-order valence-electron chi connectivity index (χ1n) is 4.50. The number of hydrogen-bond donors (Lipinski definition) is 0. The molecule has 0 saturated carbocycles. The molecule has 0 N–H and O–H groups in total. The Morgan fingerprint density at radius 2 is 2.29 bits per heavy atom. The molecule has 1 aromatic heterocycles. The van der Waals surface area contributed by atoms with Gasteiger partial charge in [0.25, 0.3) is 5.69 Å². The highest BCUT2D eigenvalue weighted by Crippen LogP contribution is 2.21. The lowest BCUT2D eigenvalue weighted by Crippen LogP contribution is -1.95. The molecular formula is C9H6ClN3O3S. The van der Waals surface area contributed by atoms with E-state index in [0.29, 0.717) is 15.2 Å². The van der Waals surface area contributed by atoms with Crippen LogP contribution in [0.1, 0.15) is 5.01 Å². The zero-order chi connectivity index (χ0) is 12.3. The first-order chi connectivity index (χ1) is 8.15. The average molecular weight is 272 g/mol. The van der Waals surface area contributed by atoms with Crippen molar-refractivity contribution in [3.8, 4) is 5.75 Å². The molecule has 0 bridgehead atoms. The second kappa shape index (κ2) is 5.07. The van der Waals surface area contributed by atoms with Gasteiger partial charge in [0.05, 0.1) is 11.0 Å². The Balaban J connectivity index is 2.04. The number of aromatic nitrogens is 2. The zero-order valence-electron chi connectivity index (χ0n) is 8.37. The van der Waals surface area contributed by atoms with Crippen LogP contribution >= 0.6 is 22.9 Å². The SMILES string of the molecule is O=[N+]([O-])c1cccc(OCc2nnc(Cl)s2)c1. The Hall–Kier alpha value is -1.73. The Kier molecular flexibility index (Phi) is 3.50. The van der Waals surface area contributed by atoms with Gasteiger partial charge in [0.1, 0.15) is 12.4 Å². The molecule has 17 heavy (non-hydrogen) atoms. The number of halogens is 1. The Morgan fingerprint density at radius 3 is 2.94 bits per heavy atom. The molecule has 0 atom stereocenters. The van der Waals surface area contributed by atoms with Crippen molar-refractivity contribution in [1.29, 1.82) is 0 Å². The summed E-state index contributed by atoms with van der Waals surface area (Å²) in [6.07, 6.45) is 0. The molecule has 2 rings (SSSR count). The molecule has 0 saturated heterocycles. The summed E-state index contributed by atoms with van der Waals surface area (Å²) in [6.45, 7) is 0.186. The summed E-state index contributed by atoms with van der Waals surface area (Å²) in [6, 6.07) is 5.94. The number of non-ortho nitro benzene ring substituents is 1. The van der Waals surface area contributed by atoms with E-state index in [-0.39, 0.29) is 12.3 Å². The fraction of sp³-hybridized carbons (Fsp3) is 0.111. The topological polar surface area (TPSA) is 78.2 Å². The highest BCUT2D eigenvalue weighted by Gasteiger charge is 2.07. The second-order valence-electron chi connectivity index (χ2n) is 2.99. The summed E-state index contributed by atoms with van der Waals surface area (Å²) in [5.41, 5.74) is -0.0159. The molecule has 0 aliphatic heterocycles. The Labute approximate surface area is 105 Å². The molecule has 1 heterocycles. The number of ether oxygens (including phenoxy) is 1. The van der Waals surface area contributed by atoms with Crippen LogP contribution in [0.15, 0.2) is 24.3 Å². The van der Waals surface area contributed by atoms with Crippen LogP contribution in [0.4, 0.5) is 5.69 Å². The minimum atomic E-state index is -0.478. The van der Waals surface area contributed by atoms with Crippen molar-refractivity contribution >= 4 is 28.6 Å². The van der Waals surface area contributed by atoms with E-state index in [1.165, 1.54) is 23.5 Å². The van der Waals surface area contributed by atoms with Crippen LogP contribution in [0.3, 0.4) is 0 Å². The summed E-state index contributed by atoms with van der Waals surface area (Å²) < 4.78 is 5.68. The van der Waals surface area contributed by atoms with Crippen molar-refractivity contribution < 1.29 is 9.66 Å². The van der Waals surface area contributed by atoms with Crippen LogP contribution in [0.25, 0.3) is 0 Å². The van der Waals surface area contributed by atoms with Crippen molar-refractivity contribution in [3.05, 3.63) is 43.9 Å². The van der Waals surface area contributed by atoms with Crippen molar-refractivity contribution in [2.45, 2.75) is 6.61 Å². The summed E-state index contributed by atoms with van der Waals surface area (Å²) in [5.74, 6) is 0.408. The van der Waals surface area contributed by atoms with Crippen LogP contribution < -0.4 is 4.74 Å². The monoisotopic (exact) mass is 271 g/mol. The average Bonchev–Trinajstić information content (AvgIpc) is 2.73. The first kappa shape index (κ1) is 11.7. The molecule has 0 aliphatic rings. The van der Waals surface area contributed by atoms with E-state index in [1.807, 2.05) is 0 Å². The number of nitrogens with zero attached hydrogens (tertiary/aromatic N) is 3. The number of benzene rings is 1. The Bertz CT molecular complexity index is 546. The molecule has 2 aromatic rings. The van der Waals surface area contributed by atoms with Crippen molar-refractivity contribution in [2.75, 3.05) is 0 Å². The second-order valence-corrected chi connectivity index (χ2v) is 4.64. The third-order valence-electron chi connectivity index (χ3n) is 1.83. The number of nitro groups is 1. The molecule has 1 aromatic carbocycles. The van der Waals surface area contributed by atoms with E-state index in [9.17, 15) is 10.1 Å². The zero-order valence-corrected chi connectivity index (χ0v) is 9.94. The van der Waals surface area contributed by atoms with E-state index in [1.54, 1.807) is 12.1 Å². The summed E-state index contributed by atoms with van der Waals surface area (Å²) in [7, 11) is 0. The predicted molar refractivity (Wildman–Crippen MR) is 62.3 cm³/mol. The van der Waals surface area contributed by atoms with E-state index in [4.69, 9.17) is 16.3 Å². The lowest BCUT2D eigenvalue weighted by molar-refractivity contribution is -0.384. The van der Waals surface area contributed by atoms with Gasteiger partial charge in [0.15, 0.2) is 5.01 Å². The van der Waals surface area contributed by atoms with Gasteiger partial charge >= 0.3 is 0 Å². The minimum Gasteiger partial charge on any atom is -0.486 e. The van der Waals surface area contributed by atoms with Gasteiger partial charge in [-0.1, -0.05) is 17.4 Å². The molecule has 0 unspecified atom stereocenters. The summed E-state index contributed by atoms with van der Waals surface area (Å²) >= 11 is 6.81. The maximum atomic E-state index is 10.5. The van der Waals surface area contributed by atoms with E-state index in [0.717, 1.165) is 0 Å². The fourth-order valence-corrected chi connectivity index (χ4v) is 1.90. The van der Waals surface area contributed by atoms with E-state index >= 15 is 0 Å². The number of nitro benzene ring substituents is 1. The third kappa shape index (κ3) is 3.11. The highest BCUT2D eigenvalue weighted by molar-refractivity contribution is 7.15. The quantitative estimate of drug-likeness (QED) is 0.631. The molecule has 6 nitrogen and oxygen atoms in total. The van der Waals surface area contributed by atoms with Crippen LogP contribution in [0.2, 0.25) is 4.47 Å². The van der Waals surface area contributed by atoms with Gasteiger partial charge in [-0.3, -0.25) is 10.1 Å². The molecule has 0 radical (unpaired) electrons. The van der Waals surface area contributed by atoms with E-state index in [2.05, 4.69) is 10.2 Å². The third-order valence-corrected chi connectivity index (χ3v) is 2.83. The van der Waals surface area contributed by atoms with Crippen LogP contribution in [-0.4, -0.2) is 15.1 Å². The maximum Gasteiger partial charge on any atom is 0.273 e. The molecule has 0 aliphatic carbocycles. The van der Waals surface area contributed by atoms with Crippen molar-refractivity contribution in [1.82, 2.24) is 10.2 Å². The summed E-state index contributed by atoms with van der Waals surface area (Å²) in [5, 5.41) is 18.5. The van der Waals surface area contributed by atoms with Gasteiger partial charge in [-0.05, 0) is 17.7 Å². The Morgan fingerprint density at radius 1 is 1.47 bits per heavy atom. The largest absolute Gasteiger partial charge is 0.486 e. The van der Waals surface area contributed by atoms with Gasteiger partial charge in [0, 0.05) is 6.07 Å². The lowest BCUT2D eigenvalue weighted by atomic mass is 10.3. The smallest absolute Gasteiger partial charge is 0.273 e.